The Labute approximate surface area is 141 Å². The SMILES string of the molecule is C/C(=C\c1ccc(C(=O)O)cc1)c1ccc2c(c1)SCCCC2. The minimum absolute atomic E-state index is 0.321. The molecule has 0 radical (unpaired) electrons. The summed E-state index contributed by atoms with van der Waals surface area (Å²) in [6, 6.07) is 13.7. The Kier molecular flexibility index (Phi) is 4.87. The first-order chi connectivity index (χ1) is 11.1. The van der Waals surface area contributed by atoms with E-state index in [1.165, 1.54) is 46.6 Å². The normalized spacial score (nSPS) is 14.9. The molecule has 1 aliphatic rings. The van der Waals surface area contributed by atoms with Crippen LogP contribution in [0.25, 0.3) is 11.6 Å². The second kappa shape index (κ2) is 7.05. The molecule has 0 unspecified atom stereocenters. The maximum Gasteiger partial charge on any atom is 0.335 e. The third-order valence-corrected chi connectivity index (χ3v) is 5.35. The van der Waals surface area contributed by atoms with Crippen LogP contribution in [-0.4, -0.2) is 16.8 Å². The lowest BCUT2D eigenvalue weighted by molar-refractivity contribution is 0.0697. The second-order valence-electron chi connectivity index (χ2n) is 5.88. The van der Waals surface area contributed by atoms with E-state index in [1.54, 1.807) is 12.1 Å². The highest BCUT2D eigenvalue weighted by Crippen LogP contribution is 2.32. The first-order valence-corrected chi connectivity index (χ1v) is 8.90. The third-order valence-electron chi connectivity index (χ3n) is 4.16. The molecular formula is C20H20O2S. The number of hydrogen-bond donors (Lipinski definition) is 1. The number of carboxylic acids is 1. The number of allylic oxidation sites excluding steroid dienone is 1. The molecule has 0 atom stereocenters. The van der Waals surface area contributed by atoms with Crippen molar-refractivity contribution in [1.82, 2.24) is 0 Å². The smallest absolute Gasteiger partial charge is 0.335 e. The number of rotatable bonds is 3. The zero-order valence-corrected chi connectivity index (χ0v) is 14.0. The molecule has 2 aromatic rings. The fourth-order valence-corrected chi connectivity index (χ4v) is 3.93. The van der Waals surface area contributed by atoms with Crippen molar-refractivity contribution in [3.8, 4) is 0 Å². The lowest BCUT2D eigenvalue weighted by Crippen LogP contribution is -1.94. The lowest BCUT2D eigenvalue weighted by atomic mass is 10.0. The van der Waals surface area contributed by atoms with Crippen molar-refractivity contribution in [3.63, 3.8) is 0 Å². The van der Waals surface area contributed by atoms with Gasteiger partial charge in [0.15, 0.2) is 0 Å². The molecule has 0 spiro atoms. The lowest BCUT2D eigenvalue weighted by Gasteiger charge is -2.09. The Bertz CT molecular complexity index is 745. The van der Waals surface area contributed by atoms with Gasteiger partial charge in [-0.1, -0.05) is 30.3 Å². The Balaban J connectivity index is 1.85. The van der Waals surface area contributed by atoms with Gasteiger partial charge in [0.2, 0.25) is 0 Å². The average Bonchev–Trinajstić information content (AvgIpc) is 2.79. The Morgan fingerprint density at radius 2 is 1.83 bits per heavy atom. The van der Waals surface area contributed by atoms with Crippen LogP contribution in [-0.2, 0) is 6.42 Å². The zero-order chi connectivity index (χ0) is 16.2. The third kappa shape index (κ3) is 3.85. The highest BCUT2D eigenvalue weighted by Gasteiger charge is 2.09. The molecular weight excluding hydrogens is 304 g/mol. The van der Waals surface area contributed by atoms with E-state index in [0.29, 0.717) is 5.56 Å². The fraction of sp³-hybridized carbons (Fsp3) is 0.250. The van der Waals surface area contributed by atoms with Crippen LogP contribution in [0.4, 0.5) is 0 Å². The summed E-state index contributed by atoms with van der Waals surface area (Å²) in [4.78, 5) is 12.3. The number of aryl methyl sites for hydroxylation is 1. The predicted molar refractivity (Wildman–Crippen MR) is 97.1 cm³/mol. The number of benzene rings is 2. The van der Waals surface area contributed by atoms with Crippen LogP contribution >= 0.6 is 11.8 Å². The van der Waals surface area contributed by atoms with Crippen LogP contribution in [0.15, 0.2) is 47.4 Å². The van der Waals surface area contributed by atoms with E-state index < -0.39 is 5.97 Å². The summed E-state index contributed by atoms with van der Waals surface area (Å²) in [5.74, 6) is 0.315. The van der Waals surface area contributed by atoms with Gasteiger partial charge in [0.25, 0.3) is 0 Å². The predicted octanol–water partition coefficient (Wildman–Crippen LogP) is 5.37. The highest BCUT2D eigenvalue weighted by atomic mass is 32.2. The molecule has 0 amide bonds. The van der Waals surface area contributed by atoms with E-state index in [2.05, 4.69) is 31.2 Å². The first-order valence-electron chi connectivity index (χ1n) is 7.91. The van der Waals surface area contributed by atoms with Crippen molar-refractivity contribution in [1.29, 1.82) is 0 Å². The van der Waals surface area contributed by atoms with Gasteiger partial charge in [-0.05, 0) is 72.4 Å². The number of carboxylic acid groups (broad SMARTS) is 1. The molecule has 0 aromatic heterocycles. The summed E-state index contributed by atoms with van der Waals surface area (Å²) in [5.41, 5.74) is 5.24. The van der Waals surface area contributed by atoms with E-state index in [4.69, 9.17) is 5.11 Å². The van der Waals surface area contributed by atoms with Crippen LogP contribution < -0.4 is 0 Å². The summed E-state index contributed by atoms with van der Waals surface area (Å²) in [6.45, 7) is 2.11. The summed E-state index contributed by atoms with van der Waals surface area (Å²) < 4.78 is 0. The molecule has 0 aliphatic carbocycles. The van der Waals surface area contributed by atoms with Gasteiger partial charge in [0.1, 0.15) is 0 Å². The molecule has 1 N–H and O–H groups in total. The van der Waals surface area contributed by atoms with Crippen LogP contribution in [0.3, 0.4) is 0 Å². The van der Waals surface area contributed by atoms with Crippen LogP contribution in [0.5, 0.6) is 0 Å². The van der Waals surface area contributed by atoms with Crippen molar-refractivity contribution in [2.75, 3.05) is 5.75 Å². The number of aromatic carboxylic acids is 1. The van der Waals surface area contributed by atoms with Gasteiger partial charge in [0, 0.05) is 4.90 Å². The highest BCUT2D eigenvalue weighted by molar-refractivity contribution is 7.99. The van der Waals surface area contributed by atoms with Crippen molar-refractivity contribution >= 4 is 29.4 Å². The second-order valence-corrected chi connectivity index (χ2v) is 7.02. The molecule has 3 heteroatoms. The summed E-state index contributed by atoms with van der Waals surface area (Å²) in [6.07, 6.45) is 5.86. The van der Waals surface area contributed by atoms with Crippen molar-refractivity contribution in [3.05, 3.63) is 64.7 Å². The number of fused-ring (bicyclic) bond motifs is 1. The topological polar surface area (TPSA) is 37.3 Å². The Hall–Kier alpha value is -2.00. The van der Waals surface area contributed by atoms with Gasteiger partial charge in [0.05, 0.1) is 5.56 Å². The molecule has 1 heterocycles. The summed E-state index contributed by atoms with van der Waals surface area (Å²) >= 11 is 1.96. The van der Waals surface area contributed by atoms with Crippen LogP contribution in [0.2, 0.25) is 0 Å². The van der Waals surface area contributed by atoms with Crippen molar-refractivity contribution < 1.29 is 9.90 Å². The first kappa shape index (κ1) is 15.9. The quantitative estimate of drug-likeness (QED) is 0.771. The van der Waals surface area contributed by atoms with Crippen LogP contribution in [0.1, 0.15) is 46.8 Å². The van der Waals surface area contributed by atoms with E-state index in [1.807, 2.05) is 23.9 Å². The fourth-order valence-electron chi connectivity index (χ4n) is 2.80. The van der Waals surface area contributed by atoms with Gasteiger partial charge >= 0.3 is 5.97 Å². The average molecular weight is 324 g/mol. The van der Waals surface area contributed by atoms with E-state index in [0.717, 1.165) is 5.56 Å². The van der Waals surface area contributed by atoms with Crippen molar-refractivity contribution in [2.24, 2.45) is 0 Å². The molecule has 2 aromatic carbocycles. The van der Waals surface area contributed by atoms with E-state index in [-0.39, 0.29) is 0 Å². The molecule has 23 heavy (non-hydrogen) atoms. The summed E-state index contributed by atoms with van der Waals surface area (Å²) in [7, 11) is 0. The zero-order valence-electron chi connectivity index (χ0n) is 13.2. The minimum atomic E-state index is -0.889. The minimum Gasteiger partial charge on any atom is -0.478 e. The molecule has 0 fully saturated rings. The van der Waals surface area contributed by atoms with Gasteiger partial charge in [-0.2, -0.15) is 0 Å². The Morgan fingerprint density at radius 3 is 2.57 bits per heavy atom. The van der Waals surface area contributed by atoms with Gasteiger partial charge in [-0.15, -0.1) is 11.8 Å². The molecule has 1 aliphatic heterocycles. The summed E-state index contributed by atoms with van der Waals surface area (Å²) in [5, 5.41) is 8.95. The molecule has 118 valence electrons. The largest absolute Gasteiger partial charge is 0.478 e. The molecule has 0 saturated carbocycles. The molecule has 0 saturated heterocycles. The maximum absolute atomic E-state index is 10.9. The van der Waals surface area contributed by atoms with Crippen LogP contribution in [0, 0.1) is 0 Å². The maximum atomic E-state index is 10.9. The molecule has 2 nitrogen and oxygen atoms in total. The number of thioether (sulfide) groups is 1. The number of hydrogen-bond acceptors (Lipinski definition) is 2. The van der Waals surface area contributed by atoms with E-state index in [9.17, 15) is 4.79 Å². The Morgan fingerprint density at radius 1 is 1.09 bits per heavy atom. The number of carbonyl (C=O) groups is 1. The van der Waals surface area contributed by atoms with Crippen molar-refractivity contribution in [2.45, 2.75) is 31.1 Å². The van der Waals surface area contributed by atoms with E-state index >= 15 is 0 Å². The molecule has 3 rings (SSSR count). The van der Waals surface area contributed by atoms with Gasteiger partial charge < -0.3 is 5.11 Å². The standard InChI is InChI=1S/C20H20O2S/c1-14(12-15-5-7-17(8-6-15)20(21)22)18-10-9-16-4-2-3-11-23-19(16)13-18/h5-10,12-13H,2-4,11H2,1H3,(H,21,22)/b14-12+. The molecule has 0 bridgehead atoms. The monoisotopic (exact) mass is 324 g/mol. The van der Waals surface area contributed by atoms with Gasteiger partial charge in [-0.3, -0.25) is 0 Å². The van der Waals surface area contributed by atoms with Gasteiger partial charge in [-0.25, -0.2) is 4.79 Å².